The Bertz CT molecular complexity index is 529. The number of nitrogens with zero attached hydrogens (tertiary/aromatic N) is 3. The molecule has 0 bridgehead atoms. The molecular formula is C10H13BrN6S. The fraction of sp³-hybridized carbons (Fsp3) is 0.300. The van der Waals surface area contributed by atoms with Gasteiger partial charge in [-0.2, -0.15) is 4.98 Å². The number of hydrazine groups is 1. The summed E-state index contributed by atoms with van der Waals surface area (Å²) < 4.78 is 0.786. The van der Waals surface area contributed by atoms with Crippen molar-refractivity contribution < 1.29 is 0 Å². The molecule has 0 atom stereocenters. The van der Waals surface area contributed by atoms with Gasteiger partial charge in [0.25, 0.3) is 0 Å². The second-order valence-corrected chi connectivity index (χ2v) is 5.52. The molecule has 0 saturated carbocycles. The van der Waals surface area contributed by atoms with Crippen molar-refractivity contribution in [3.63, 3.8) is 0 Å². The van der Waals surface area contributed by atoms with E-state index in [0.717, 1.165) is 15.9 Å². The van der Waals surface area contributed by atoms with Gasteiger partial charge in [0, 0.05) is 17.3 Å². The second kappa shape index (κ2) is 6.07. The fourth-order valence-corrected chi connectivity index (χ4v) is 2.45. The molecule has 0 fully saturated rings. The maximum Gasteiger partial charge on any atom is 0.239 e. The Balaban J connectivity index is 2.05. The molecule has 0 radical (unpaired) electrons. The van der Waals surface area contributed by atoms with Crippen molar-refractivity contribution in [3.8, 4) is 0 Å². The topological polar surface area (TPSA) is 88.8 Å². The number of hydrogen-bond donors (Lipinski definition) is 3. The minimum atomic E-state index is 0.370. The molecule has 6 nitrogen and oxygen atoms in total. The van der Waals surface area contributed by atoms with Crippen LogP contribution in [0.4, 0.5) is 11.8 Å². The quantitative estimate of drug-likeness (QED) is 0.575. The third-order valence-electron chi connectivity index (χ3n) is 2.23. The van der Waals surface area contributed by atoms with Crippen LogP contribution in [0.3, 0.4) is 0 Å². The lowest BCUT2D eigenvalue weighted by Gasteiger charge is -2.07. The van der Waals surface area contributed by atoms with Crippen molar-refractivity contribution in [3.05, 3.63) is 26.8 Å². The number of aryl methyl sites for hydroxylation is 1. The molecule has 8 heteroatoms. The summed E-state index contributed by atoms with van der Waals surface area (Å²) in [5.74, 6) is 6.32. The Morgan fingerprint density at radius 3 is 2.89 bits per heavy atom. The van der Waals surface area contributed by atoms with Gasteiger partial charge in [-0.3, -0.25) is 5.43 Å². The van der Waals surface area contributed by atoms with Gasteiger partial charge in [-0.25, -0.2) is 15.8 Å². The fourth-order valence-electron chi connectivity index (χ4n) is 1.31. The van der Waals surface area contributed by atoms with Gasteiger partial charge < -0.3 is 5.32 Å². The van der Waals surface area contributed by atoms with E-state index in [2.05, 4.69) is 48.5 Å². The number of rotatable bonds is 5. The molecule has 2 rings (SSSR count). The standard InChI is InChI=1S/C10H13BrN6S/c1-2-6-3-13-8(18-6)5-14-9-7(11)4-15-10(16-9)17-12/h3-4H,2,5,12H2,1H3,(H2,14,15,16,17). The second-order valence-electron chi connectivity index (χ2n) is 3.46. The van der Waals surface area contributed by atoms with Crippen LogP contribution in [-0.4, -0.2) is 15.0 Å². The van der Waals surface area contributed by atoms with Crippen molar-refractivity contribution in [2.75, 3.05) is 10.7 Å². The zero-order valence-electron chi connectivity index (χ0n) is 9.77. The van der Waals surface area contributed by atoms with Gasteiger partial charge in [-0.15, -0.1) is 11.3 Å². The van der Waals surface area contributed by atoms with E-state index in [1.165, 1.54) is 4.88 Å². The van der Waals surface area contributed by atoms with Gasteiger partial charge >= 0.3 is 0 Å². The smallest absolute Gasteiger partial charge is 0.239 e. The van der Waals surface area contributed by atoms with Crippen molar-refractivity contribution in [1.29, 1.82) is 0 Å². The Labute approximate surface area is 117 Å². The maximum atomic E-state index is 5.27. The summed E-state index contributed by atoms with van der Waals surface area (Å²) in [6.45, 7) is 2.75. The average molecular weight is 329 g/mol. The van der Waals surface area contributed by atoms with Gasteiger partial charge in [-0.1, -0.05) is 6.92 Å². The Hall–Kier alpha value is -1.25. The highest BCUT2D eigenvalue weighted by Gasteiger charge is 2.06. The summed E-state index contributed by atoms with van der Waals surface area (Å²) in [5.41, 5.74) is 2.41. The molecule has 96 valence electrons. The normalized spacial score (nSPS) is 10.4. The minimum absolute atomic E-state index is 0.370. The van der Waals surface area contributed by atoms with Crippen molar-refractivity contribution >= 4 is 39.0 Å². The average Bonchev–Trinajstić information content (AvgIpc) is 2.86. The summed E-state index contributed by atoms with van der Waals surface area (Å²) in [4.78, 5) is 13.8. The molecule has 0 aliphatic heterocycles. The molecule has 0 aliphatic rings. The Morgan fingerprint density at radius 2 is 2.22 bits per heavy atom. The van der Waals surface area contributed by atoms with Gasteiger partial charge in [0.15, 0.2) is 0 Å². The summed E-state index contributed by atoms with van der Waals surface area (Å²) in [7, 11) is 0. The zero-order chi connectivity index (χ0) is 13.0. The highest BCUT2D eigenvalue weighted by atomic mass is 79.9. The van der Waals surface area contributed by atoms with Crippen LogP contribution < -0.4 is 16.6 Å². The number of anilines is 2. The first-order valence-electron chi connectivity index (χ1n) is 5.39. The molecule has 0 aromatic carbocycles. The molecular weight excluding hydrogens is 316 g/mol. The number of nitrogens with one attached hydrogen (secondary N) is 2. The maximum absolute atomic E-state index is 5.27. The predicted molar refractivity (Wildman–Crippen MR) is 76.4 cm³/mol. The summed E-state index contributed by atoms with van der Waals surface area (Å²) in [5, 5.41) is 4.22. The molecule has 2 aromatic heterocycles. The largest absolute Gasteiger partial charge is 0.362 e. The van der Waals surface area contributed by atoms with E-state index in [9.17, 15) is 0 Å². The number of thiazole rings is 1. The Morgan fingerprint density at radius 1 is 1.39 bits per heavy atom. The summed E-state index contributed by atoms with van der Waals surface area (Å²) >= 11 is 5.07. The third kappa shape index (κ3) is 3.15. The van der Waals surface area contributed by atoms with E-state index in [4.69, 9.17) is 5.84 Å². The lowest BCUT2D eigenvalue weighted by Crippen LogP contribution is -2.12. The van der Waals surface area contributed by atoms with E-state index >= 15 is 0 Å². The van der Waals surface area contributed by atoms with Crippen molar-refractivity contribution in [2.45, 2.75) is 19.9 Å². The van der Waals surface area contributed by atoms with Crippen molar-refractivity contribution in [1.82, 2.24) is 15.0 Å². The van der Waals surface area contributed by atoms with Crippen LogP contribution in [0.5, 0.6) is 0 Å². The van der Waals surface area contributed by atoms with Gasteiger partial charge in [0.05, 0.1) is 11.0 Å². The molecule has 2 aromatic rings. The number of halogens is 1. The number of nitrogen functional groups attached to an aromatic ring is 1. The van der Waals surface area contributed by atoms with E-state index in [0.29, 0.717) is 18.3 Å². The van der Waals surface area contributed by atoms with E-state index in [1.54, 1.807) is 17.5 Å². The number of nitrogens with two attached hydrogens (primary N) is 1. The molecule has 0 amide bonds. The highest BCUT2D eigenvalue weighted by Crippen LogP contribution is 2.21. The van der Waals surface area contributed by atoms with Crippen LogP contribution in [0.1, 0.15) is 16.8 Å². The summed E-state index contributed by atoms with van der Waals surface area (Å²) in [6, 6.07) is 0. The molecule has 18 heavy (non-hydrogen) atoms. The first-order valence-corrected chi connectivity index (χ1v) is 7.00. The Kier molecular flexibility index (Phi) is 4.45. The van der Waals surface area contributed by atoms with Gasteiger partial charge in [0.2, 0.25) is 5.95 Å². The molecule has 4 N–H and O–H groups in total. The van der Waals surface area contributed by atoms with Gasteiger partial charge in [-0.05, 0) is 22.4 Å². The lowest BCUT2D eigenvalue weighted by atomic mass is 10.4. The van der Waals surface area contributed by atoms with Crippen LogP contribution in [0.15, 0.2) is 16.9 Å². The van der Waals surface area contributed by atoms with Crippen LogP contribution in [-0.2, 0) is 13.0 Å². The van der Waals surface area contributed by atoms with Crippen LogP contribution in [0, 0.1) is 0 Å². The molecule has 2 heterocycles. The SMILES string of the molecule is CCc1cnc(CNc2nc(NN)ncc2Br)s1. The first kappa shape index (κ1) is 13.2. The molecule has 0 unspecified atom stereocenters. The third-order valence-corrected chi connectivity index (χ3v) is 3.95. The first-order chi connectivity index (χ1) is 8.72. The van der Waals surface area contributed by atoms with E-state index < -0.39 is 0 Å². The lowest BCUT2D eigenvalue weighted by molar-refractivity contribution is 1.04. The van der Waals surface area contributed by atoms with Crippen molar-refractivity contribution in [2.24, 2.45) is 5.84 Å². The minimum Gasteiger partial charge on any atom is -0.362 e. The molecule has 0 aliphatic carbocycles. The predicted octanol–water partition coefficient (Wildman–Crippen LogP) is 2.16. The number of hydrogen-bond acceptors (Lipinski definition) is 7. The monoisotopic (exact) mass is 328 g/mol. The van der Waals surface area contributed by atoms with Crippen LogP contribution in [0.2, 0.25) is 0 Å². The van der Waals surface area contributed by atoms with Crippen LogP contribution in [0.25, 0.3) is 0 Å². The molecule has 0 saturated heterocycles. The van der Waals surface area contributed by atoms with E-state index in [-0.39, 0.29) is 0 Å². The van der Waals surface area contributed by atoms with Gasteiger partial charge in [0.1, 0.15) is 10.8 Å². The van der Waals surface area contributed by atoms with Crippen LogP contribution >= 0.6 is 27.3 Å². The molecule has 0 spiro atoms. The number of aromatic nitrogens is 3. The summed E-state index contributed by atoms with van der Waals surface area (Å²) in [6.07, 6.45) is 4.56. The highest BCUT2D eigenvalue weighted by molar-refractivity contribution is 9.10. The zero-order valence-corrected chi connectivity index (χ0v) is 12.2. The van der Waals surface area contributed by atoms with E-state index in [1.807, 2.05) is 6.20 Å².